The Morgan fingerprint density at radius 3 is 2.25 bits per heavy atom. The van der Waals surface area contributed by atoms with Crippen LogP contribution >= 0.6 is 0 Å². The van der Waals surface area contributed by atoms with Crippen LogP contribution in [0.25, 0.3) is 0 Å². The zero-order chi connectivity index (χ0) is 14.2. The van der Waals surface area contributed by atoms with Crippen molar-refractivity contribution < 1.29 is 14.7 Å². The van der Waals surface area contributed by atoms with Gasteiger partial charge in [-0.25, -0.2) is 0 Å². The summed E-state index contributed by atoms with van der Waals surface area (Å²) in [6.07, 6.45) is 7.10. The van der Waals surface area contributed by atoms with Gasteiger partial charge in [0.15, 0.2) is 0 Å². The Labute approximate surface area is 121 Å². The van der Waals surface area contributed by atoms with Gasteiger partial charge >= 0.3 is 0 Å². The molecule has 2 fully saturated rings. The van der Waals surface area contributed by atoms with E-state index in [0.717, 1.165) is 58.5 Å². The van der Waals surface area contributed by atoms with Crippen molar-refractivity contribution in [2.45, 2.75) is 57.0 Å². The molecule has 0 saturated carbocycles. The summed E-state index contributed by atoms with van der Waals surface area (Å²) in [5.41, 5.74) is 1.05. The van der Waals surface area contributed by atoms with E-state index in [1.807, 2.05) is 0 Å². The summed E-state index contributed by atoms with van der Waals surface area (Å²) in [7, 11) is 0. The topological polar surface area (TPSA) is 41.9 Å². The fraction of sp³-hybridized carbons (Fsp3) is 0.875. The number of hydrogen-bond acceptors (Lipinski definition) is 4. The van der Waals surface area contributed by atoms with E-state index in [1.165, 1.54) is 5.57 Å². The number of ether oxygens (including phenoxy) is 2. The predicted octanol–water partition coefficient (Wildman–Crippen LogP) is 2.76. The second-order valence-corrected chi connectivity index (χ2v) is 6.58. The zero-order valence-corrected chi connectivity index (χ0v) is 12.7. The summed E-state index contributed by atoms with van der Waals surface area (Å²) in [5, 5.41) is 12.8. The van der Waals surface area contributed by atoms with Crippen molar-refractivity contribution in [2.75, 3.05) is 26.4 Å². The number of hydroxylamine groups is 2. The summed E-state index contributed by atoms with van der Waals surface area (Å²) in [6.45, 7) is 7.50. The van der Waals surface area contributed by atoms with Crippen LogP contribution in [0.15, 0.2) is 11.6 Å². The summed E-state index contributed by atoms with van der Waals surface area (Å²) in [5.74, 6) is 0.518. The third-order valence-corrected chi connectivity index (χ3v) is 5.61. The van der Waals surface area contributed by atoms with Gasteiger partial charge < -0.3 is 14.7 Å². The first-order chi connectivity index (χ1) is 9.65. The van der Waals surface area contributed by atoms with E-state index in [9.17, 15) is 5.21 Å². The highest BCUT2D eigenvalue weighted by Crippen LogP contribution is 2.51. The van der Waals surface area contributed by atoms with Crippen LogP contribution in [0.2, 0.25) is 0 Å². The van der Waals surface area contributed by atoms with Crippen molar-refractivity contribution in [2.24, 2.45) is 5.92 Å². The molecule has 0 bridgehead atoms. The van der Waals surface area contributed by atoms with Crippen LogP contribution < -0.4 is 0 Å². The van der Waals surface area contributed by atoms with Gasteiger partial charge in [0.25, 0.3) is 0 Å². The summed E-state index contributed by atoms with van der Waals surface area (Å²) < 4.78 is 11.1. The Morgan fingerprint density at radius 1 is 1.15 bits per heavy atom. The lowest BCUT2D eigenvalue weighted by Gasteiger charge is -2.48. The van der Waals surface area contributed by atoms with Gasteiger partial charge in [0, 0.05) is 26.4 Å². The van der Waals surface area contributed by atoms with Crippen LogP contribution in [0.3, 0.4) is 0 Å². The van der Waals surface area contributed by atoms with Crippen LogP contribution in [0.5, 0.6) is 0 Å². The zero-order valence-electron chi connectivity index (χ0n) is 12.7. The average molecular weight is 281 g/mol. The minimum atomic E-state index is -0.200. The van der Waals surface area contributed by atoms with Crippen molar-refractivity contribution in [3.05, 3.63) is 11.6 Å². The molecule has 1 N–H and O–H groups in total. The molecule has 1 atom stereocenters. The molecule has 1 unspecified atom stereocenters. The highest BCUT2D eigenvalue weighted by Gasteiger charge is 2.56. The molecule has 4 nitrogen and oxygen atoms in total. The van der Waals surface area contributed by atoms with E-state index >= 15 is 0 Å². The van der Waals surface area contributed by atoms with E-state index in [2.05, 4.69) is 19.9 Å². The lowest BCUT2D eigenvalue weighted by molar-refractivity contribution is -0.237. The van der Waals surface area contributed by atoms with Crippen LogP contribution in [0.4, 0.5) is 0 Å². The number of rotatable bonds is 2. The van der Waals surface area contributed by atoms with Crippen molar-refractivity contribution >= 4 is 0 Å². The van der Waals surface area contributed by atoms with Gasteiger partial charge in [-0.2, -0.15) is 5.06 Å². The second kappa shape index (κ2) is 5.41. The molecule has 0 aliphatic carbocycles. The first-order valence-electron chi connectivity index (χ1n) is 8.02. The smallest absolute Gasteiger partial charge is 0.0725 e. The highest BCUT2D eigenvalue weighted by molar-refractivity contribution is 5.35. The van der Waals surface area contributed by atoms with E-state index in [0.29, 0.717) is 5.92 Å². The van der Waals surface area contributed by atoms with Gasteiger partial charge in [0.1, 0.15) is 0 Å². The molecule has 20 heavy (non-hydrogen) atoms. The third kappa shape index (κ3) is 2.05. The Morgan fingerprint density at radius 2 is 1.70 bits per heavy atom. The van der Waals surface area contributed by atoms with Crippen LogP contribution in [0, 0.1) is 5.92 Å². The Hall–Kier alpha value is -0.420. The van der Waals surface area contributed by atoms with Crippen LogP contribution in [0.1, 0.15) is 46.0 Å². The molecule has 0 aromatic rings. The molecule has 2 saturated heterocycles. The molecule has 3 rings (SSSR count). The van der Waals surface area contributed by atoms with Gasteiger partial charge in [-0.15, -0.1) is 0 Å². The highest BCUT2D eigenvalue weighted by atomic mass is 16.5. The number of nitrogens with zero attached hydrogens (tertiary/aromatic N) is 1. The van der Waals surface area contributed by atoms with Gasteiger partial charge in [0.2, 0.25) is 0 Å². The van der Waals surface area contributed by atoms with Crippen molar-refractivity contribution in [3.8, 4) is 0 Å². The number of hydrogen-bond donors (Lipinski definition) is 1. The Kier molecular flexibility index (Phi) is 3.93. The van der Waals surface area contributed by atoms with E-state index in [-0.39, 0.29) is 11.1 Å². The van der Waals surface area contributed by atoms with Gasteiger partial charge in [-0.3, -0.25) is 0 Å². The average Bonchev–Trinajstić information content (AvgIpc) is 2.72. The van der Waals surface area contributed by atoms with Crippen LogP contribution in [-0.2, 0) is 9.47 Å². The lowest BCUT2D eigenvalue weighted by Crippen LogP contribution is -2.58. The van der Waals surface area contributed by atoms with Gasteiger partial charge in [0.05, 0.1) is 11.1 Å². The first kappa shape index (κ1) is 14.5. The fourth-order valence-electron chi connectivity index (χ4n) is 4.14. The molecular weight excluding hydrogens is 254 g/mol. The molecule has 0 amide bonds. The fourth-order valence-corrected chi connectivity index (χ4v) is 4.14. The van der Waals surface area contributed by atoms with Crippen molar-refractivity contribution in [3.63, 3.8) is 0 Å². The minimum absolute atomic E-state index is 0.189. The standard InChI is InChI=1S/C16H27NO3/c1-3-13(2)14-12-15(4-8-19-9-5-15)17(18)16(14)6-10-20-11-7-16/h12-13,18H,3-11H2,1-2H3. The molecule has 0 aromatic heterocycles. The molecule has 0 aromatic carbocycles. The molecular formula is C16H27NO3. The van der Waals surface area contributed by atoms with Crippen molar-refractivity contribution in [1.29, 1.82) is 0 Å². The quantitative estimate of drug-likeness (QED) is 0.790. The second-order valence-electron chi connectivity index (χ2n) is 6.58. The monoisotopic (exact) mass is 281 g/mol. The SMILES string of the molecule is CCC(C)C1=CC2(CCOCC2)N(O)C12CCOCC2. The molecule has 2 spiro atoms. The van der Waals surface area contributed by atoms with E-state index in [1.54, 1.807) is 5.06 Å². The molecule has 3 aliphatic rings. The van der Waals surface area contributed by atoms with E-state index < -0.39 is 0 Å². The normalized spacial score (nSPS) is 30.6. The van der Waals surface area contributed by atoms with Crippen LogP contribution in [-0.4, -0.2) is 47.8 Å². The summed E-state index contributed by atoms with van der Waals surface area (Å²) in [4.78, 5) is 0. The minimum Gasteiger partial charge on any atom is -0.381 e. The van der Waals surface area contributed by atoms with E-state index in [4.69, 9.17) is 9.47 Å². The molecule has 3 aliphatic heterocycles. The maximum Gasteiger partial charge on any atom is 0.0725 e. The molecule has 114 valence electrons. The van der Waals surface area contributed by atoms with Gasteiger partial charge in [-0.05, 0) is 43.6 Å². The Bertz CT molecular complexity index is 381. The summed E-state index contributed by atoms with van der Waals surface area (Å²) in [6, 6.07) is 0. The third-order valence-electron chi connectivity index (χ3n) is 5.61. The first-order valence-corrected chi connectivity index (χ1v) is 8.02. The Balaban J connectivity index is 1.98. The maximum absolute atomic E-state index is 11.1. The largest absolute Gasteiger partial charge is 0.381 e. The van der Waals surface area contributed by atoms with Gasteiger partial charge in [-0.1, -0.05) is 19.9 Å². The molecule has 4 heteroatoms. The summed E-state index contributed by atoms with van der Waals surface area (Å²) >= 11 is 0. The lowest BCUT2D eigenvalue weighted by atomic mass is 9.77. The molecule has 3 heterocycles. The predicted molar refractivity (Wildman–Crippen MR) is 76.7 cm³/mol. The van der Waals surface area contributed by atoms with Crippen molar-refractivity contribution in [1.82, 2.24) is 5.06 Å². The maximum atomic E-state index is 11.1. The molecule has 0 radical (unpaired) electrons.